The number of esters is 1. The second-order valence-corrected chi connectivity index (χ2v) is 6.62. The average Bonchev–Trinajstić information content (AvgIpc) is 3.09. The van der Waals surface area contributed by atoms with Crippen LogP contribution in [0.25, 0.3) is 0 Å². The zero-order chi connectivity index (χ0) is 19.3. The third kappa shape index (κ3) is 4.60. The molecule has 0 saturated carbocycles. The van der Waals surface area contributed by atoms with Crippen molar-refractivity contribution in [3.05, 3.63) is 44.4 Å². The van der Waals surface area contributed by atoms with E-state index in [1.165, 1.54) is 17.4 Å². The molecule has 2 aromatic rings. The SMILES string of the molecule is CCC[C@H](C)c1nnc(NC(=O)c2cc(C(=O)OC)cc([N+](=O)[O-])c2)s1. The molecular formula is C16H18N4O5S. The number of methoxy groups -OCH3 is 1. The average molecular weight is 378 g/mol. The van der Waals surface area contributed by atoms with Gasteiger partial charge in [-0.05, 0) is 12.5 Å². The normalized spacial score (nSPS) is 11.7. The van der Waals surface area contributed by atoms with Crippen LogP contribution in [0.15, 0.2) is 18.2 Å². The summed E-state index contributed by atoms with van der Waals surface area (Å²) in [6.07, 6.45) is 1.96. The Hall–Kier alpha value is -2.88. The highest BCUT2D eigenvalue weighted by Gasteiger charge is 2.20. The summed E-state index contributed by atoms with van der Waals surface area (Å²) in [7, 11) is 1.15. The Morgan fingerprint density at radius 1 is 1.31 bits per heavy atom. The molecule has 1 aromatic carbocycles. The van der Waals surface area contributed by atoms with Gasteiger partial charge in [-0.15, -0.1) is 10.2 Å². The predicted molar refractivity (Wildman–Crippen MR) is 95.6 cm³/mol. The van der Waals surface area contributed by atoms with Crippen molar-refractivity contribution in [2.75, 3.05) is 12.4 Å². The Balaban J connectivity index is 2.25. The first-order valence-electron chi connectivity index (χ1n) is 7.88. The summed E-state index contributed by atoms with van der Waals surface area (Å²) in [6, 6.07) is 3.37. The van der Waals surface area contributed by atoms with Crippen LogP contribution in [0.4, 0.5) is 10.8 Å². The van der Waals surface area contributed by atoms with E-state index in [0.29, 0.717) is 5.13 Å². The number of rotatable bonds is 7. The highest BCUT2D eigenvalue weighted by Crippen LogP contribution is 2.27. The minimum absolute atomic E-state index is 0.0436. The van der Waals surface area contributed by atoms with Crippen LogP contribution in [0.1, 0.15) is 58.3 Å². The third-order valence-corrected chi connectivity index (χ3v) is 4.69. The van der Waals surface area contributed by atoms with E-state index in [0.717, 1.165) is 37.1 Å². The molecule has 26 heavy (non-hydrogen) atoms. The number of aromatic nitrogens is 2. The quantitative estimate of drug-likeness (QED) is 0.445. The van der Waals surface area contributed by atoms with Crippen molar-refractivity contribution in [3.8, 4) is 0 Å². The largest absolute Gasteiger partial charge is 0.465 e. The molecule has 138 valence electrons. The number of benzene rings is 1. The molecule has 0 aliphatic rings. The monoisotopic (exact) mass is 378 g/mol. The lowest BCUT2D eigenvalue weighted by Gasteiger charge is -2.05. The van der Waals surface area contributed by atoms with E-state index in [2.05, 4.69) is 27.2 Å². The van der Waals surface area contributed by atoms with Crippen molar-refractivity contribution in [2.45, 2.75) is 32.6 Å². The van der Waals surface area contributed by atoms with E-state index >= 15 is 0 Å². The molecule has 1 atom stereocenters. The van der Waals surface area contributed by atoms with E-state index < -0.39 is 16.8 Å². The number of ether oxygens (including phenoxy) is 1. The Morgan fingerprint density at radius 3 is 2.62 bits per heavy atom. The first-order valence-corrected chi connectivity index (χ1v) is 8.69. The fraction of sp³-hybridized carbons (Fsp3) is 0.375. The van der Waals surface area contributed by atoms with Gasteiger partial charge in [0.1, 0.15) is 5.01 Å². The minimum atomic E-state index is -0.769. The predicted octanol–water partition coefficient (Wildman–Crippen LogP) is 3.39. The summed E-state index contributed by atoms with van der Waals surface area (Å²) < 4.78 is 4.56. The number of nitro groups is 1. The molecule has 0 aliphatic carbocycles. The molecule has 10 heteroatoms. The molecular weight excluding hydrogens is 360 g/mol. The zero-order valence-electron chi connectivity index (χ0n) is 14.5. The number of hydrogen-bond donors (Lipinski definition) is 1. The Labute approximate surface area is 153 Å². The molecule has 0 fully saturated rings. The zero-order valence-corrected chi connectivity index (χ0v) is 15.3. The maximum atomic E-state index is 12.4. The lowest BCUT2D eigenvalue weighted by molar-refractivity contribution is -0.384. The highest BCUT2D eigenvalue weighted by atomic mass is 32.1. The number of anilines is 1. The molecule has 0 aliphatic heterocycles. The lowest BCUT2D eigenvalue weighted by atomic mass is 10.1. The first-order chi connectivity index (χ1) is 12.3. The summed E-state index contributed by atoms with van der Waals surface area (Å²) in [4.78, 5) is 34.4. The molecule has 0 unspecified atom stereocenters. The number of non-ortho nitro benzene ring substituents is 1. The molecule has 1 heterocycles. The molecule has 0 bridgehead atoms. The molecule has 0 spiro atoms. The van der Waals surface area contributed by atoms with E-state index in [9.17, 15) is 19.7 Å². The van der Waals surface area contributed by atoms with Crippen molar-refractivity contribution in [3.63, 3.8) is 0 Å². The maximum Gasteiger partial charge on any atom is 0.338 e. The Kier molecular flexibility index (Phi) is 6.34. The van der Waals surface area contributed by atoms with Gasteiger partial charge >= 0.3 is 5.97 Å². The van der Waals surface area contributed by atoms with Gasteiger partial charge in [-0.1, -0.05) is 31.6 Å². The van der Waals surface area contributed by atoms with Gasteiger partial charge in [0.15, 0.2) is 0 Å². The molecule has 1 aromatic heterocycles. The van der Waals surface area contributed by atoms with Crippen molar-refractivity contribution < 1.29 is 19.2 Å². The second kappa shape index (κ2) is 8.48. The number of amides is 1. The number of carbonyl (C=O) groups excluding carboxylic acids is 2. The maximum absolute atomic E-state index is 12.4. The van der Waals surface area contributed by atoms with Gasteiger partial charge in [0.2, 0.25) is 5.13 Å². The van der Waals surface area contributed by atoms with Crippen LogP contribution in [0, 0.1) is 10.1 Å². The van der Waals surface area contributed by atoms with E-state index in [1.54, 1.807) is 0 Å². The topological polar surface area (TPSA) is 124 Å². The van der Waals surface area contributed by atoms with Crippen LogP contribution in [-0.4, -0.2) is 34.1 Å². The Bertz CT molecular complexity index is 836. The molecule has 1 amide bonds. The van der Waals surface area contributed by atoms with Crippen LogP contribution in [0.3, 0.4) is 0 Å². The molecule has 0 saturated heterocycles. The molecule has 9 nitrogen and oxygen atoms in total. The summed E-state index contributed by atoms with van der Waals surface area (Å²) >= 11 is 1.25. The van der Waals surface area contributed by atoms with Gasteiger partial charge in [0.05, 0.1) is 17.6 Å². The molecule has 1 N–H and O–H groups in total. The van der Waals surface area contributed by atoms with Crippen LogP contribution >= 0.6 is 11.3 Å². The lowest BCUT2D eigenvalue weighted by Crippen LogP contribution is -2.14. The fourth-order valence-electron chi connectivity index (χ4n) is 2.29. The van der Waals surface area contributed by atoms with Gasteiger partial charge in [-0.3, -0.25) is 20.2 Å². The highest BCUT2D eigenvalue weighted by molar-refractivity contribution is 7.15. The number of carbonyl (C=O) groups is 2. The summed E-state index contributed by atoms with van der Waals surface area (Å²) in [6.45, 7) is 4.10. The minimum Gasteiger partial charge on any atom is -0.465 e. The van der Waals surface area contributed by atoms with E-state index in [-0.39, 0.29) is 22.7 Å². The standard InChI is InChI=1S/C16H18N4O5S/c1-4-5-9(2)14-18-19-16(26-14)17-13(21)10-6-11(15(22)25-3)8-12(7-10)20(23)24/h6-9H,4-5H2,1-3H3,(H,17,19,21)/t9-/m0/s1. The van der Waals surface area contributed by atoms with Crippen LogP contribution in [-0.2, 0) is 4.74 Å². The van der Waals surface area contributed by atoms with Gasteiger partial charge < -0.3 is 4.74 Å². The van der Waals surface area contributed by atoms with Gasteiger partial charge in [0, 0.05) is 23.6 Å². The number of hydrogen-bond acceptors (Lipinski definition) is 8. The van der Waals surface area contributed by atoms with Crippen molar-refractivity contribution in [2.24, 2.45) is 0 Å². The summed E-state index contributed by atoms with van der Waals surface area (Å²) in [5, 5.41) is 22.7. The number of nitro benzene ring substituents is 1. The fourth-order valence-corrected chi connectivity index (χ4v) is 3.12. The molecule has 2 rings (SSSR count). The van der Waals surface area contributed by atoms with Crippen LogP contribution < -0.4 is 5.32 Å². The van der Waals surface area contributed by atoms with E-state index in [1.807, 2.05) is 6.92 Å². The molecule has 0 radical (unpaired) electrons. The van der Waals surface area contributed by atoms with E-state index in [4.69, 9.17) is 0 Å². The second-order valence-electron chi connectivity index (χ2n) is 5.61. The third-order valence-electron chi connectivity index (χ3n) is 3.62. The number of nitrogens with zero attached hydrogens (tertiary/aromatic N) is 3. The van der Waals surface area contributed by atoms with Gasteiger partial charge in [0.25, 0.3) is 11.6 Å². The van der Waals surface area contributed by atoms with Crippen molar-refractivity contribution >= 4 is 34.0 Å². The first kappa shape index (κ1) is 19.4. The van der Waals surface area contributed by atoms with Crippen LogP contribution in [0.2, 0.25) is 0 Å². The van der Waals surface area contributed by atoms with Crippen LogP contribution in [0.5, 0.6) is 0 Å². The van der Waals surface area contributed by atoms with Gasteiger partial charge in [-0.25, -0.2) is 4.79 Å². The number of nitrogens with one attached hydrogen (secondary N) is 1. The summed E-state index contributed by atoms with van der Waals surface area (Å²) in [5.74, 6) is -1.16. The summed E-state index contributed by atoms with van der Waals surface area (Å²) in [5.41, 5.74) is -0.508. The smallest absolute Gasteiger partial charge is 0.338 e. The van der Waals surface area contributed by atoms with Gasteiger partial charge in [-0.2, -0.15) is 0 Å². The van der Waals surface area contributed by atoms with Crippen molar-refractivity contribution in [1.82, 2.24) is 10.2 Å². The Morgan fingerprint density at radius 2 is 2.00 bits per heavy atom. The van der Waals surface area contributed by atoms with Crippen molar-refractivity contribution in [1.29, 1.82) is 0 Å².